The Morgan fingerprint density at radius 2 is 1.45 bits per heavy atom. The summed E-state index contributed by atoms with van der Waals surface area (Å²) in [5.41, 5.74) is 2.48. The number of hydrogen-bond donors (Lipinski definition) is 1. The Bertz CT molecular complexity index is 583. The van der Waals surface area contributed by atoms with Crippen molar-refractivity contribution < 1.29 is 4.79 Å². The van der Waals surface area contributed by atoms with Crippen molar-refractivity contribution in [1.82, 2.24) is 5.32 Å². The summed E-state index contributed by atoms with van der Waals surface area (Å²) in [6, 6.07) is 20.9. The van der Waals surface area contributed by atoms with Gasteiger partial charge in [0.2, 0.25) is 5.91 Å². The SMILES string of the molecule is CC1CC1C(=O)NC(C)C(c1ccccc1)c1ccccc1. The molecule has 0 aliphatic heterocycles. The second kappa shape index (κ2) is 6.35. The summed E-state index contributed by atoms with van der Waals surface area (Å²) in [7, 11) is 0. The first-order valence-electron chi connectivity index (χ1n) is 8.07. The molecule has 0 radical (unpaired) electrons. The molecule has 1 aliphatic carbocycles. The second-order valence-corrected chi connectivity index (χ2v) is 6.42. The third-order valence-electron chi connectivity index (χ3n) is 4.63. The van der Waals surface area contributed by atoms with Crippen LogP contribution in [0.25, 0.3) is 0 Å². The zero-order valence-electron chi connectivity index (χ0n) is 13.2. The molecule has 0 heterocycles. The predicted molar refractivity (Wildman–Crippen MR) is 89.6 cm³/mol. The Kier molecular flexibility index (Phi) is 4.28. The van der Waals surface area contributed by atoms with Gasteiger partial charge >= 0.3 is 0 Å². The van der Waals surface area contributed by atoms with Crippen molar-refractivity contribution in [2.24, 2.45) is 11.8 Å². The zero-order chi connectivity index (χ0) is 15.5. The molecule has 0 saturated heterocycles. The molecule has 3 unspecified atom stereocenters. The zero-order valence-corrected chi connectivity index (χ0v) is 13.2. The summed E-state index contributed by atoms with van der Waals surface area (Å²) >= 11 is 0. The normalized spacial score (nSPS) is 21.4. The van der Waals surface area contributed by atoms with Crippen LogP contribution in [0.4, 0.5) is 0 Å². The lowest BCUT2D eigenvalue weighted by molar-refractivity contribution is -0.123. The average Bonchev–Trinajstić information content (AvgIpc) is 3.27. The van der Waals surface area contributed by atoms with Crippen molar-refractivity contribution in [3.05, 3.63) is 71.8 Å². The predicted octanol–water partition coefficient (Wildman–Crippen LogP) is 3.98. The van der Waals surface area contributed by atoms with E-state index >= 15 is 0 Å². The van der Waals surface area contributed by atoms with Gasteiger partial charge in [0.1, 0.15) is 0 Å². The van der Waals surface area contributed by atoms with Gasteiger partial charge in [0.15, 0.2) is 0 Å². The minimum Gasteiger partial charge on any atom is -0.352 e. The van der Waals surface area contributed by atoms with Gasteiger partial charge in [0.05, 0.1) is 0 Å². The fourth-order valence-electron chi connectivity index (χ4n) is 3.19. The largest absolute Gasteiger partial charge is 0.352 e. The minimum absolute atomic E-state index is 0.0742. The Morgan fingerprint density at radius 3 is 1.86 bits per heavy atom. The fourth-order valence-corrected chi connectivity index (χ4v) is 3.19. The minimum atomic E-state index is 0.0742. The third kappa shape index (κ3) is 3.22. The van der Waals surface area contributed by atoms with Gasteiger partial charge in [-0.2, -0.15) is 0 Å². The molecule has 2 aromatic rings. The van der Waals surface area contributed by atoms with Crippen LogP contribution in [0, 0.1) is 11.8 Å². The smallest absolute Gasteiger partial charge is 0.223 e. The molecule has 114 valence electrons. The van der Waals surface area contributed by atoms with Gasteiger partial charge in [0.25, 0.3) is 0 Å². The van der Waals surface area contributed by atoms with Crippen molar-refractivity contribution in [1.29, 1.82) is 0 Å². The van der Waals surface area contributed by atoms with Crippen LogP contribution >= 0.6 is 0 Å². The summed E-state index contributed by atoms with van der Waals surface area (Å²) in [4.78, 5) is 12.3. The molecule has 3 rings (SSSR count). The number of benzene rings is 2. The van der Waals surface area contributed by atoms with E-state index in [2.05, 4.69) is 67.7 Å². The Hall–Kier alpha value is -2.09. The van der Waals surface area contributed by atoms with Crippen molar-refractivity contribution in [3.8, 4) is 0 Å². The topological polar surface area (TPSA) is 29.1 Å². The molecule has 0 bridgehead atoms. The van der Waals surface area contributed by atoms with Gasteiger partial charge < -0.3 is 5.32 Å². The Balaban J connectivity index is 1.83. The standard InChI is InChI=1S/C20H23NO/c1-14-13-18(14)20(22)21-15(2)19(16-9-5-3-6-10-16)17-11-7-4-8-12-17/h3-12,14-15,18-19H,13H2,1-2H3,(H,21,22). The Labute approximate surface area is 132 Å². The maximum absolute atomic E-state index is 12.3. The molecule has 2 nitrogen and oxygen atoms in total. The van der Waals surface area contributed by atoms with Gasteiger partial charge in [0, 0.05) is 17.9 Å². The first-order chi connectivity index (χ1) is 10.7. The second-order valence-electron chi connectivity index (χ2n) is 6.42. The lowest BCUT2D eigenvalue weighted by Gasteiger charge is -2.26. The third-order valence-corrected chi connectivity index (χ3v) is 4.63. The highest BCUT2D eigenvalue weighted by atomic mass is 16.2. The van der Waals surface area contributed by atoms with Gasteiger partial charge in [-0.1, -0.05) is 67.6 Å². The monoisotopic (exact) mass is 293 g/mol. The first kappa shape index (κ1) is 14.8. The molecule has 22 heavy (non-hydrogen) atoms. The average molecular weight is 293 g/mol. The van der Waals surface area contributed by atoms with Crippen LogP contribution < -0.4 is 5.32 Å². The molecular weight excluding hydrogens is 270 g/mol. The van der Waals surface area contributed by atoms with Crippen molar-refractivity contribution in [2.45, 2.75) is 32.2 Å². The van der Waals surface area contributed by atoms with Crippen molar-refractivity contribution in [3.63, 3.8) is 0 Å². The number of hydrogen-bond acceptors (Lipinski definition) is 1. The maximum Gasteiger partial charge on any atom is 0.223 e. The van der Waals surface area contributed by atoms with Gasteiger partial charge in [-0.15, -0.1) is 0 Å². The number of rotatable bonds is 5. The van der Waals surface area contributed by atoms with E-state index < -0.39 is 0 Å². The summed E-state index contributed by atoms with van der Waals surface area (Å²) in [5, 5.41) is 3.23. The van der Waals surface area contributed by atoms with E-state index in [1.807, 2.05) is 12.1 Å². The molecule has 3 atom stereocenters. The summed E-state index contributed by atoms with van der Waals surface area (Å²) in [6.07, 6.45) is 1.03. The van der Waals surface area contributed by atoms with Crippen molar-refractivity contribution >= 4 is 5.91 Å². The van der Waals surface area contributed by atoms with Crippen LogP contribution in [-0.4, -0.2) is 11.9 Å². The number of carbonyl (C=O) groups excluding carboxylic acids is 1. The highest BCUT2D eigenvalue weighted by Crippen LogP contribution is 2.38. The van der Waals surface area contributed by atoms with E-state index in [9.17, 15) is 4.79 Å². The van der Waals surface area contributed by atoms with E-state index in [0.717, 1.165) is 6.42 Å². The van der Waals surface area contributed by atoms with Crippen LogP contribution in [0.15, 0.2) is 60.7 Å². The summed E-state index contributed by atoms with van der Waals surface area (Å²) in [6.45, 7) is 4.25. The molecule has 2 aromatic carbocycles. The summed E-state index contributed by atoms with van der Waals surface area (Å²) in [5.74, 6) is 1.14. The first-order valence-corrected chi connectivity index (χ1v) is 8.07. The molecule has 1 fully saturated rings. The van der Waals surface area contributed by atoms with E-state index in [0.29, 0.717) is 5.92 Å². The van der Waals surface area contributed by atoms with E-state index in [1.165, 1.54) is 11.1 Å². The quantitative estimate of drug-likeness (QED) is 0.887. The highest BCUT2D eigenvalue weighted by Gasteiger charge is 2.40. The summed E-state index contributed by atoms with van der Waals surface area (Å²) < 4.78 is 0. The molecule has 0 spiro atoms. The molecule has 1 amide bonds. The van der Waals surface area contributed by atoms with Crippen molar-refractivity contribution in [2.75, 3.05) is 0 Å². The Morgan fingerprint density at radius 1 is 1.00 bits per heavy atom. The van der Waals surface area contributed by atoms with Gasteiger partial charge in [-0.25, -0.2) is 0 Å². The van der Waals surface area contributed by atoms with Gasteiger partial charge in [-0.3, -0.25) is 4.79 Å². The molecule has 2 heteroatoms. The molecule has 1 saturated carbocycles. The molecule has 1 N–H and O–H groups in total. The molecule has 1 aliphatic rings. The van der Waals surface area contributed by atoms with E-state index in [4.69, 9.17) is 0 Å². The molecular formula is C20H23NO. The van der Waals surface area contributed by atoms with E-state index in [-0.39, 0.29) is 23.8 Å². The number of carbonyl (C=O) groups is 1. The van der Waals surface area contributed by atoms with Crippen LogP contribution in [-0.2, 0) is 4.79 Å². The van der Waals surface area contributed by atoms with Crippen LogP contribution in [0.3, 0.4) is 0 Å². The number of amides is 1. The molecule has 0 aromatic heterocycles. The van der Waals surface area contributed by atoms with Crippen LogP contribution in [0.5, 0.6) is 0 Å². The highest BCUT2D eigenvalue weighted by molar-refractivity contribution is 5.81. The van der Waals surface area contributed by atoms with Crippen LogP contribution in [0.2, 0.25) is 0 Å². The fraction of sp³-hybridized carbons (Fsp3) is 0.350. The lowest BCUT2D eigenvalue weighted by atomic mass is 9.85. The maximum atomic E-state index is 12.3. The van der Waals surface area contributed by atoms with Gasteiger partial charge in [-0.05, 0) is 30.4 Å². The lowest BCUT2D eigenvalue weighted by Crippen LogP contribution is -2.38. The van der Waals surface area contributed by atoms with E-state index in [1.54, 1.807) is 0 Å². The number of nitrogens with one attached hydrogen (secondary N) is 1. The van der Waals surface area contributed by atoms with Crippen LogP contribution in [0.1, 0.15) is 37.3 Å².